The van der Waals surface area contributed by atoms with Gasteiger partial charge < -0.3 is 25.0 Å². The first-order chi connectivity index (χ1) is 16.6. The third-order valence-electron chi connectivity index (χ3n) is 6.62. The van der Waals surface area contributed by atoms with Crippen molar-refractivity contribution in [3.8, 4) is 28.7 Å². The molecule has 5 nitrogen and oxygen atoms in total. The van der Waals surface area contributed by atoms with E-state index in [2.05, 4.69) is 0 Å². The summed E-state index contributed by atoms with van der Waals surface area (Å²) < 4.78 is 6.13. The van der Waals surface area contributed by atoms with Crippen LogP contribution in [-0.4, -0.2) is 15.3 Å². The first-order valence-corrected chi connectivity index (χ1v) is 11.5. The first-order valence-electron chi connectivity index (χ1n) is 11.5. The molecule has 0 aliphatic heterocycles. The van der Waals surface area contributed by atoms with E-state index < -0.39 is 0 Å². The summed E-state index contributed by atoms with van der Waals surface area (Å²) in [6, 6.07) is 18.1. The smallest absolute Gasteiger partial charge is 0.136 e. The van der Waals surface area contributed by atoms with Crippen LogP contribution in [0.3, 0.4) is 0 Å². The maximum absolute atomic E-state index is 10.4. The fourth-order valence-electron chi connectivity index (χ4n) is 4.27. The van der Waals surface area contributed by atoms with Crippen LogP contribution < -0.4 is 9.64 Å². The lowest BCUT2D eigenvalue weighted by Gasteiger charge is -2.30. The van der Waals surface area contributed by atoms with Gasteiger partial charge in [0, 0.05) is 23.4 Å². The van der Waals surface area contributed by atoms with Crippen molar-refractivity contribution in [1.29, 1.82) is 0 Å². The van der Waals surface area contributed by atoms with E-state index in [1.165, 1.54) is 0 Å². The van der Waals surface area contributed by atoms with Gasteiger partial charge >= 0.3 is 0 Å². The van der Waals surface area contributed by atoms with Crippen molar-refractivity contribution in [2.45, 2.75) is 41.5 Å². The second-order valence-corrected chi connectivity index (χ2v) is 9.10. The van der Waals surface area contributed by atoms with Crippen LogP contribution in [0.2, 0.25) is 0 Å². The quantitative estimate of drug-likeness (QED) is 0.277. The molecule has 0 radical (unpaired) electrons. The lowest BCUT2D eigenvalue weighted by molar-refractivity contribution is 0.446. The van der Waals surface area contributed by atoms with Gasteiger partial charge in [-0.15, -0.1) is 0 Å². The van der Waals surface area contributed by atoms with Crippen molar-refractivity contribution in [1.82, 2.24) is 0 Å². The summed E-state index contributed by atoms with van der Waals surface area (Å²) in [5, 5.41) is 30.9. The van der Waals surface area contributed by atoms with Crippen molar-refractivity contribution < 1.29 is 20.1 Å². The van der Waals surface area contributed by atoms with E-state index in [4.69, 9.17) is 4.74 Å². The molecule has 35 heavy (non-hydrogen) atoms. The molecule has 0 amide bonds. The molecule has 4 aromatic rings. The number of phenols is 3. The van der Waals surface area contributed by atoms with E-state index in [1.54, 1.807) is 30.3 Å². The highest BCUT2D eigenvalue weighted by molar-refractivity contribution is 5.82. The molecule has 4 aromatic carbocycles. The van der Waals surface area contributed by atoms with Gasteiger partial charge in [-0.1, -0.05) is 6.07 Å². The van der Waals surface area contributed by atoms with E-state index in [9.17, 15) is 15.3 Å². The molecule has 5 heteroatoms. The van der Waals surface area contributed by atoms with Crippen LogP contribution in [-0.2, 0) is 0 Å². The molecule has 0 unspecified atom stereocenters. The normalized spacial score (nSPS) is 10.9. The standard InChI is InChI=1S/C30H31NO4/c1-17-7-12-29(34)22(6)30(17)35-26-10-8-23(9-11-26)31(27-15-24(32)13-18(2)20(27)4)28-16-25(33)14-19(3)21(28)5/h7-16,32-34H,1-6H3. The number of hydrogen-bond acceptors (Lipinski definition) is 5. The minimum atomic E-state index is 0.178. The largest absolute Gasteiger partial charge is 0.508 e. The van der Waals surface area contributed by atoms with Crippen LogP contribution >= 0.6 is 0 Å². The van der Waals surface area contributed by atoms with Gasteiger partial charge in [0.25, 0.3) is 0 Å². The molecule has 0 spiro atoms. The Balaban J connectivity index is 1.84. The number of rotatable bonds is 5. The molecule has 3 N–H and O–H groups in total. The molecule has 0 heterocycles. The molecule has 0 saturated carbocycles. The fraction of sp³-hybridized carbons (Fsp3) is 0.200. The predicted molar refractivity (Wildman–Crippen MR) is 141 cm³/mol. The number of aryl methyl sites for hydroxylation is 3. The van der Waals surface area contributed by atoms with Gasteiger partial charge in [0.05, 0.1) is 11.4 Å². The van der Waals surface area contributed by atoms with E-state index in [1.807, 2.05) is 76.8 Å². The Morgan fingerprint density at radius 2 is 1.09 bits per heavy atom. The summed E-state index contributed by atoms with van der Waals surface area (Å²) >= 11 is 0. The highest BCUT2D eigenvalue weighted by atomic mass is 16.5. The Labute approximate surface area is 206 Å². The highest BCUT2D eigenvalue weighted by Gasteiger charge is 2.20. The lowest BCUT2D eigenvalue weighted by atomic mass is 10.0. The average molecular weight is 470 g/mol. The van der Waals surface area contributed by atoms with Crippen LogP contribution in [0.1, 0.15) is 33.4 Å². The van der Waals surface area contributed by atoms with Crippen molar-refractivity contribution in [3.63, 3.8) is 0 Å². The van der Waals surface area contributed by atoms with Gasteiger partial charge in [0.2, 0.25) is 0 Å². The number of ether oxygens (including phenoxy) is 1. The van der Waals surface area contributed by atoms with Gasteiger partial charge in [-0.25, -0.2) is 0 Å². The minimum Gasteiger partial charge on any atom is -0.508 e. The van der Waals surface area contributed by atoms with Crippen LogP contribution in [0.4, 0.5) is 17.1 Å². The fourth-order valence-corrected chi connectivity index (χ4v) is 4.27. The maximum atomic E-state index is 10.4. The predicted octanol–water partition coefficient (Wildman–Crippen LogP) is 7.92. The van der Waals surface area contributed by atoms with Crippen molar-refractivity contribution in [3.05, 3.63) is 94.0 Å². The topological polar surface area (TPSA) is 73.2 Å². The summed E-state index contributed by atoms with van der Waals surface area (Å²) in [6.07, 6.45) is 0. The van der Waals surface area contributed by atoms with Gasteiger partial charge in [0.15, 0.2) is 0 Å². The summed E-state index contributed by atoms with van der Waals surface area (Å²) in [4.78, 5) is 2.04. The Morgan fingerprint density at radius 1 is 0.571 bits per heavy atom. The Kier molecular flexibility index (Phi) is 6.35. The van der Waals surface area contributed by atoms with Crippen molar-refractivity contribution in [2.75, 3.05) is 4.90 Å². The molecule has 0 aliphatic rings. The van der Waals surface area contributed by atoms with Crippen molar-refractivity contribution in [2.24, 2.45) is 0 Å². The van der Waals surface area contributed by atoms with E-state index in [0.29, 0.717) is 17.1 Å². The zero-order valence-corrected chi connectivity index (χ0v) is 21.0. The number of phenolic OH excluding ortho intramolecular Hbond substituents is 3. The minimum absolute atomic E-state index is 0.178. The molecule has 0 aromatic heterocycles. The van der Waals surface area contributed by atoms with Crippen LogP contribution in [0.5, 0.6) is 28.7 Å². The van der Waals surface area contributed by atoms with Crippen LogP contribution in [0.25, 0.3) is 0 Å². The molecular formula is C30H31NO4. The lowest BCUT2D eigenvalue weighted by Crippen LogP contribution is -2.13. The molecule has 180 valence electrons. The average Bonchev–Trinajstić information content (AvgIpc) is 2.81. The Hall–Kier alpha value is -4.12. The number of benzene rings is 4. The zero-order valence-electron chi connectivity index (χ0n) is 21.0. The van der Waals surface area contributed by atoms with E-state index >= 15 is 0 Å². The Bertz CT molecular complexity index is 1350. The molecule has 0 bridgehead atoms. The number of aromatic hydroxyl groups is 3. The van der Waals surface area contributed by atoms with Crippen molar-refractivity contribution >= 4 is 17.1 Å². The van der Waals surface area contributed by atoms with Gasteiger partial charge in [-0.2, -0.15) is 0 Å². The summed E-state index contributed by atoms with van der Waals surface area (Å²) in [5.41, 5.74) is 8.10. The van der Waals surface area contributed by atoms with E-state index in [0.717, 1.165) is 44.9 Å². The molecule has 0 fully saturated rings. The molecule has 0 aliphatic carbocycles. The third kappa shape index (κ3) is 4.62. The van der Waals surface area contributed by atoms with Crippen LogP contribution in [0, 0.1) is 41.5 Å². The third-order valence-corrected chi connectivity index (χ3v) is 6.62. The maximum Gasteiger partial charge on any atom is 0.136 e. The molecule has 0 atom stereocenters. The molecular weight excluding hydrogens is 438 g/mol. The van der Waals surface area contributed by atoms with Gasteiger partial charge in [0.1, 0.15) is 28.7 Å². The van der Waals surface area contributed by atoms with E-state index in [-0.39, 0.29) is 17.2 Å². The van der Waals surface area contributed by atoms with Gasteiger partial charge in [-0.05, 0) is 112 Å². The SMILES string of the molecule is Cc1cc(O)cc(N(c2ccc(Oc3c(C)ccc(O)c3C)cc2)c2cc(O)cc(C)c2C)c1C. The molecule has 4 rings (SSSR count). The second-order valence-electron chi connectivity index (χ2n) is 9.10. The Morgan fingerprint density at radius 3 is 1.60 bits per heavy atom. The second kappa shape index (κ2) is 9.26. The highest BCUT2D eigenvalue weighted by Crippen LogP contribution is 2.43. The summed E-state index contributed by atoms with van der Waals surface area (Å²) in [6.45, 7) is 11.7. The number of hydrogen-bond donors (Lipinski definition) is 3. The summed E-state index contributed by atoms with van der Waals surface area (Å²) in [5.74, 6) is 1.82. The monoisotopic (exact) mass is 469 g/mol. The number of nitrogens with zero attached hydrogens (tertiary/aromatic N) is 1. The first kappa shape index (κ1) is 24.0. The summed E-state index contributed by atoms with van der Waals surface area (Å²) in [7, 11) is 0. The zero-order chi connectivity index (χ0) is 25.4. The van der Waals surface area contributed by atoms with Gasteiger partial charge in [-0.3, -0.25) is 0 Å². The van der Waals surface area contributed by atoms with Crippen LogP contribution in [0.15, 0.2) is 60.7 Å². The number of anilines is 3. The molecule has 0 saturated heterocycles.